The summed E-state index contributed by atoms with van der Waals surface area (Å²) in [6.45, 7) is 4.21. The molecule has 4 rings (SSSR count). The highest BCUT2D eigenvalue weighted by molar-refractivity contribution is 7.86. The number of hydrogen-bond acceptors (Lipinski definition) is 4. The lowest BCUT2D eigenvalue weighted by molar-refractivity contribution is 0.484. The maximum atomic E-state index is 12.1. The van der Waals surface area contributed by atoms with E-state index in [1.807, 2.05) is 54.6 Å². The molecule has 0 radical (unpaired) electrons. The number of benzene rings is 4. The lowest BCUT2D eigenvalue weighted by atomic mass is 10.1. The Morgan fingerprint density at radius 3 is 1.81 bits per heavy atom. The number of nitrogens with one attached hydrogen (secondary N) is 2. The normalized spacial score (nSPS) is 11.5. The molecule has 0 spiro atoms. The van der Waals surface area contributed by atoms with E-state index >= 15 is 0 Å². The van der Waals surface area contributed by atoms with Crippen molar-refractivity contribution in [2.45, 2.75) is 31.6 Å². The van der Waals surface area contributed by atoms with Crippen LogP contribution >= 0.6 is 0 Å². The Kier molecular flexibility index (Phi) is 6.17. The van der Waals surface area contributed by atoms with E-state index in [1.165, 1.54) is 17.2 Å². The first kappa shape index (κ1) is 21.9. The molecule has 0 fully saturated rings. The van der Waals surface area contributed by atoms with Crippen LogP contribution in [0.2, 0.25) is 0 Å². The van der Waals surface area contributed by atoms with Crippen LogP contribution in [-0.2, 0) is 23.0 Å². The SMILES string of the molecule is CCc1ccc(Nc2cc(Nc3ccc(CC)cc3)c3c(S(=O)(=O)O)cccc3c2)cc1. The molecule has 0 saturated heterocycles. The van der Waals surface area contributed by atoms with Crippen molar-refractivity contribution in [3.63, 3.8) is 0 Å². The van der Waals surface area contributed by atoms with Crippen molar-refractivity contribution in [2.24, 2.45) is 0 Å². The summed E-state index contributed by atoms with van der Waals surface area (Å²) < 4.78 is 34.0. The van der Waals surface area contributed by atoms with Gasteiger partial charge in [0.15, 0.2) is 0 Å². The number of anilines is 4. The third-order valence-corrected chi connectivity index (χ3v) is 6.40. The van der Waals surface area contributed by atoms with Gasteiger partial charge in [-0.25, -0.2) is 0 Å². The van der Waals surface area contributed by atoms with Gasteiger partial charge >= 0.3 is 0 Å². The molecule has 164 valence electrons. The molecule has 0 aliphatic heterocycles. The molecule has 4 aromatic carbocycles. The van der Waals surface area contributed by atoms with E-state index in [0.717, 1.165) is 29.9 Å². The minimum atomic E-state index is -4.39. The van der Waals surface area contributed by atoms with Gasteiger partial charge in [-0.15, -0.1) is 0 Å². The Labute approximate surface area is 188 Å². The minimum Gasteiger partial charge on any atom is -0.355 e. The first-order chi connectivity index (χ1) is 15.4. The van der Waals surface area contributed by atoms with Gasteiger partial charge < -0.3 is 10.6 Å². The second kappa shape index (κ2) is 9.02. The summed E-state index contributed by atoms with van der Waals surface area (Å²) in [6, 6.07) is 24.8. The highest BCUT2D eigenvalue weighted by atomic mass is 32.2. The van der Waals surface area contributed by atoms with E-state index < -0.39 is 10.1 Å². The molecule has 0 unspecified atom stereocenters. The van der Waals surface area contributed by atoms with Crippen LogP contribution in [0, 0.1) is 0 Å². The Morgan fingerprint density at radius 1 is 0.719 bits per heavy atom. The third kappa shape index (κ3) is 4.77. The van der Waals surface area contributed by atoms with Gasteiger partial charge in [-0.1, -0.05) is 50.2 Å². The van der Waals surface area contributed by atoms with Crippen molar-refractivity contribution in [1.82, 2.24) is 0 Å². The number of aryl methyl sites for hydroxylation is 2. The highest BCUT2D eigenvalue weighted by Gasteiger charge is 2.18. The van der Waals surface area contributed by atoms with Gasteiger partial charge in [-0.05, 0) is 71.8 Å². The standard InChI is InChI=1S/C26H26N2O3S/c1-3-18-8-12-21(13-9-18)27-23-16-20-6-5-7-25(32(29,30)31)26(20)24(17-23)28-22-14-10-19(4-2)11-15-22/h5-17,27-28H,3-4H2,1-2H3,(H,29,30,31). The van der Waals surface area contributed by atoms with E-state index in [4.69, 9.17) is 0 Å². The summed E-state index contributed by atoms with van der Waals surface area (Å²) in [5, 5.41) is 7.88. The first-order valence-electron chi connectivity index (χ1n) is 10.6. The Hall–Kier alpha value is -3.35. The zero-order valence-electron chi connectivity index (χ0n) is 18.1. The van der Waals surface area contributed by atoms with E-state index in [9.17, 15) is 13.0 Å². The van der Waals surface area contributed by atoms with Gasteiger partial charge in [-0.2, -0.15) is 8.42 Å². The molecule has 0 amide bonds. The fourth-order valence-corrected chi connectivity index (χ4v) is 4.49. The molecule has 0 aromatic heterocycles. The molecule has 4 aromatic rings. The van der Waals surface area contributed by atoms with Gasteiger partial charge in [0, 0.05) is 28.1 Å². The smallest absolute Gasteiger partial charge is 0.295 e. The predicted molar refractivity (Wildman–Crippen MR) is 132 cm³/mol. The molecule has 5 nitrogen and oxygen atoms in total. The maximum Gasteiger partial charge on any atom is 0.295 e. The molecule has 0 aliphatic carbocycles. The summed E-state index contributed by atoms with van der Waals surface area (Å²) >= 11 is 0. The number of rotatable bonds is 7. The van der Waals surface area contributed by atoms with Gasteiger partial charge in [0.25, 0.3) is 10.1 Å². The molecular weight excluding hydrogens is 420 g/mol. The molecule has 0 bridgehead atoms. The second-order valence-corrected chi connectivity index (χ2v) is 9.09. The van der Waals surface area contributed by atoms with Gasteiger partial charge in [0.2, 0.25) is 0 Å². The molecule has 6 heteroatoms. The quantitative estimate of drug-likeness (QED) is 0.275. The van der Waals surface area contributed by atoms with Crippen LogP contribution in [0.5, 0.6) is 0 Å². The molecule has 0 atom stereocenters. The summed E-state index contributed by atoms with van der Waals surface area (Å²) in [5.74, 6) is 0. The highest BCUT2D eigenvalue weighted by Crippen LogP contribution is 2.36. The number of hydrogen-bond donors (Lipinski definition) is 3. The van der Waals surface area contributed by atoms with Crippen molar-refractivity contribution in [1.29, 1.82) is 0 Å². The topological polar surface area (TPSA) is 78.4 Å². The fourth-order valence-electron chi connectivity index (χ4n) is 3.75. The molecule has 0 heterocycles. The Balaban J connectivity index is 1.82. The molecular formula is C26H26N2O3S. The van der Waals surface area contributed by atoms with Crippen molar-refractivity contribution >= 4 is 43.6 Å². The first-order valence-corrected chi connectivity index (χ1v) is 12.1. The van der Waals surface area contributed by atoms with Crippen LogP contribution in [-0.4, -0.2) is 13.0 Å². The van der Waals surface area contributed by atoms with Crippen LogP contribution in [0.25, 0.3) is 10.8 Å². The van der Waals surface area contributed by atoms with Crippen LogP contribution in [0.1, 0.15) is 25.0 Å². The summed E-state index contributed by atoms with van der Waals surface area (Å²) in [6.07, 6.45) is 1.91. The lowest BCUT2D eigenvalue weighted by Gasteiger charge is -2.16. The monoisotopic (exact) mass is 446 g/mol. The zero-order chi connectivity index (χ0) is 22.7. The second-order valence-electron chi connectivity index (χ2n) is 7.70. The molecule has 32 heavy (non-hydrogen) atoms. The van der Waals surface area contributed by atoms with Crippen LogP contribution in [0.15, 0.2) is 83.8 Å². The lowest BCUT2D eigenvalue weighted by Crippen LogP contribution is -2.02. The Morgan fingerprint density at radius 2 is 1.28 bits per heavy atom. The van der Waals surface area contributed by atoms with Gasteiger partial charge in [0.1, 0.15) is 4.90 Å². The van der Waals surface area contributed by atoms with Crippen molar-refractivity contribution < 1.29 is 13.0 Å². The van der Waals surface area contributed by atoms with E-state index in [1.54, 1.807) is 6.07 Å². The largest absolute Gasteiger partial charge is 0.355 e. The fraction of sp³-hybridized carbons (Fsp3) is 0.154. The average molecular weight is 447 g/mol. The van der Waals surface area contributed by atoms with Gasteiger partial charge in [0.05, 0.1) is 0 Å². The zero-order valence-corrected chi connectivity index (χ0v) is 18.9. The van der Waals surface area contributed by atoms with Crippen LogP contribution in [0.3, 0.4) is 0 Å². The average Bonchev–Trinajstić information content (AvgIpc) is 2.79. The predicted octanol–water partition coefficient (Wildman–Crippen LogP) is 6.70. The van der Waals surface area contributed by atoms with E-state index in [2.05, 4.69) is 36.6 Å². The maximum absolute atomic E-state index is 12.1. The van der Waals surface area contributed by atoms with Crippen molar-refractivity contribution in [2.75, 3.05) is 10.6 Å². The molecule has 0 saturated carbocycles. The molecule has 3 N–H and O–H groups in total. The third-order valence-electron chi connectivity index (χ3n) is 5.51. The van der Waals surface area contributed by atoms with Crippen molar-refractivity contribution in [3.8, 4) is 0 Å². The molecule has 0 aliphatic rings. The summed E-state index contributed by atoms with van der Waals surface area (Å²) in [4.78, 5) is -0.124. The van der Waals surface area contributed by atoms with Crippen LogP contribution in [0.4, 0.5) is 22.7 Å². The summed E-state index contributed by atoms with van der Waals surface area (Å²) in [7, 11) is -4.39. The summed E-state index contributed by atoms with van der Waals surface area (Å²) in [5.41, 5.74) is 5.63. The van der Waals surface area contributed by atoms with E-state index in [-0.39, 0.29) is 4.90 Å². The minimum absolute atomic E-state index is 0.124. The number of fused-ring (bicyclic) bond motifs is 1. The van der Waals surface area contributed by atoms with Crippen LogP contribution < -0.4 is 10.6 Å². The van der Waals surface area contributed by atoms with E-state index in [0.29, 0.717) is 16.5 Å². The Bertz CT molecular complexity index is 1350. The van der Waals surface area contributed by atoms with Crippen molar-refractivity contribution in [3.05, 3.63) is 90.0 Å². The van der Waals surface area contributed by atoms with Gasteiger partial charge in [-0.3, -0.25) is 4.55 Å².